The first-order valence-corrected chi connectivity index (χ1v) is 9.92. The molecule has 2 N–H and O–H groups in total. The number of furan rings is 1. The minimum Gasteiger partial charge on any atom is -0.459 e. The molecule has 7 heteroatoms. The zero-order valence-corrected chi connectivity index (χ0v) is 17.3. The fraction of sp³-hybridized carbons (Fsp3) is 0.208. The zero-order chi connectivity index (χ0) is 22.2. The number of carbonyl (C=O) groups excluding carboxylic acids is 3. The van der Waals surface area contributed by atoms with Crippen molar-refractivity contribution >= 4 is 23.5 Å². The number of anilines is 1. The molecular weight excluding hydrogens is 396 g/mol. The van der Waals surface area contributed by atoms with Gasteiger partial charge < -0.3 is 19.8 Å². The molecule has 31 heavy (non-hydrogen) atoms. The fourth-order valence-corrected chi connectivity index (χ4v) is 2.87. The van der Waals surface area contributed by atoms with E-state index in [9.17, 15) is 14.4 Å². The van der Waals surface area contributed by atoms with E-state index in [0.717, 1.165) is 5.56 Å². The predicted molar refractivity (Wildman–Crippen MR) is 116 cm³/mol. The minimum atomic E-state index is -0.936. The molecule has 0 spiro atoms. The zero-order valence-electron chi connectivity index (χ0n) is 17.3. The SMILES string of the molecule is C[C@H](CNC(=O)[C@@H](C)OC(=O)c1ccc(NC(=O)c2ccco2)cc1)c1ccccc1. The van der Waals surface area contributed by atoms with E-state index in [4.69, 9.17) is 9.15 Å². The second-order valence-electron chi connectivity index (χ2n) is 7.11. The molecule has 2 atom stereocenters. The van der Waals surface area contributed by atoms with Gasteiger partial charge in [-0.1, -0.05) is 37.3 Å². The Hall–Kier alpha value is -3.87. The van der Waals surface area contributed by atoms with E-state index in [1.807, 2.05) is 37.3 Å². The van der Waals surface area contributed by atoms with Crippen LogP contribution in [0.3, 0.4) is 0 Å². The van der Waals surface area contributed by atoms with Crippen LogP contribution in [0.15, 0.2) is 77.4 Å². The lowest BCUT2D eigenvalue weighted by Crippen LogP contribution is -2.37. The summed E-state index contributed by atoms with van der Waals surface area (Å²) in [5.41, 5.74) is 1.89. The largest absolute Gasteiger partial charge is 0.459 e. The lowest BCUT2D eigenvalue weighted by molar-refractivity contribution is -0.129. The Bertz CT molecular complexity index is 1010. The molecule has 0 bridgehead atoms. The van der Waals surface area contributed by atoms with E-state index >= 15 is 0 Å². The molecular formula is C24H24N2O5. The maximum Gasteiger partial charge on any atom is 0.338 e. The Kier molecular flexibility index (Phi) is 7.22. The molecule has 0 aliphatic heterocycles. The molecule has 2 amide bonds. The van der Waals surface area contributed by atoms with Gasteiger partial charge in [-0.15, -0.1) is 0 Å². The average molecular weight is 420 g/mol. The van der Waals surface area contributed by atoms with E-state index < -0.39 is 18.0 Å². The fourth-order valence-electron chi connectivity index (χ4n) is 2.87. The summed E-state index contributed by atoms with van der Waals surface area (Å²) in [6, 6.07) is 19.2. The first kappa shape index (κ1) is 21.8. The van der Waals surface area contributed by atoms with E-state index in [1.165, 1.54) is 25.3 Å². The summed E-state index contributed by atoms with van der Waals surface area (Å²) in [7, 11) is 0. The van der Waals surface area contributed by atoms with Gasteiger partial charge in [-0.25, -0.2) is 4.79 Å². The van der Waals surface area contributed by atoms with Crippen molar-refractivity contribution in [3.63, 3.8) is 0 Å². The Morgan fingerprint density at radius 1 is 0.935 bits per heavy atom. The molecule has 3 aromatic rings. The highest BCUT2D eigenvalue weighted by atomic mass is 16.5. The van der Waals surface area contributed by atoms with Crippen LogP contribution in [0.4, 0.5) is 5.69 Å². The topological polar surface area (TPSA) is 97.6 Å². The summed E-state index contributed by atoms with van der Waals surface area (Å²) < 4.78 is 10.3. The standard InChI is InChI=1S/C24H24N2O5/c1-16(18-7-4-3-5-8-18)15-25-22(27)17(2)31-24(29)19-10-12-20(13-11-19)26-23(28)21-9-6-14-30-21/h3-14,16-17H,15H2,1-2H3,(H,25,27)(H,26,28)/t16-,17-/m1/s1. The first-order valence-electron chi connectivity index (χ1n) is 9.92. The van der Waals surface area contributed by atoms with Gasteiger partial charge in [-0.05, 0) is 54.8 Å². The number of amides is 2. The Morgan fingerprint density at radius 2 is 1.65 bits per heavy atom. The molecule has 0 saturated carbocycles. The number of hydrogen-bond acceptors (Lipinski definition) is 5. The van der Waals surface area contributed by atoms with Crippen LogP contribution in [0, 0.1) is 0 Å². The Morgan fingerprint density at radius 3 is 2.29 bits per heavy atom. The van der Waals surface area contributed by atoms with Crippen molar-refractivity contribution in [2.45, 2.75) is 25.9 Å². The number of benzene rings is 2. The van der Waals surface area contributed by atoms with Crippen LogP contribution in [-0.2, 0) is 9.53 Å². The minimum absolute atomic E-state index is 0.136. The first-order chi connectivity index (χ1) is 14.9. The van der Waals surface area contributed by atoms with Gasteiger partial charge in [0.15, 0.2) is 11.9 Å². The molecule has 0 aliphatic carbocycles. The van der Waals surface area contributed by atoms with Crippen LogP contribution in [0.2, 0.25) is 0 Å². The van der Waals surface area contributed by atoms with Crippen molar-refractivity contribution in [1.82, 2.24) is 5.32 Å². The number of ether oxygens (including phenoxy) is 1. The number of rotatable bonds is 8. The third kappa shape index (κ3) is 6.05. The summed E-state index contributed by atoms with van der Waals surface area (Å²) in [5.74, 6) is -1.06. The Balaban J connectivity index is 1.48. The molecule has 1 aromatic heterocycles. The van der Waals surface area contributed by atoms with Gasteiger partial charge in [0.2, 0.25) is 0 Å². The van der Waals surface area contributed by atoms with E-state index in [0.29, 0.717) is 12.2 Å². The predicted octanol–water partition coefficient (Wildman–Crippen LogP) is 4.00. The third-order valence-corrected chi connectivity index (χ3v) is 4.73. The normalized spacial score (nSPS) is 12.5. The molecule has 0 unspecified atom stereocenters. The summed E-state index contributed by atoms with van der Waals surface area (Å²) in [6.45, 7) is 3.98. The molecule has 7 nitrogen and oxygen atoms in total. The smallest absolute Gasteiger partial charge is 0.338 e. The van der Waals surface area contributed by atoms with Crippen LogP contribution in [0.5, 0.6) is 0 Å². The average Bonchev–Trinajstić information content (AvgIpc) is 3.33. The highest BCUT2D eigenvalue weighted by molar-refractivity contribution is 6.02. The quantitative estimate of drug-likeness (QED) is 0.537. The van der Waals surface area contributed by atoms with E-state index in [-0.39, 0.29) is 23.1 Å². The highest BCUT2D eigenvalue weighted by Gasteiger charge is 2.19. The van der Waals surface area contributed by atoms with E-state index in [2.05, 4.69) is 10.6 Å². The van der Waals surface area contributed by atoms with Crippen LogP contribution in [-0.4, -0.2) is 30.4 Å². The third-order valence-electron chi connectivity index (χ3n) is 4.73. The van der Waals surface area contributed by atoms with Gasteiger partial charge in [-0.2, -0.15) is 0 Å². The van der Waals surface area contributed by atoms with Crippen molar-refractivity contribution in [2.75, 3.05) is 11.9 Å². The Labute approximate surface area is 180 Å². The van der Waals surface area contributed by atoms with Crippen molar-refractivity contribution in [3.05, 3.63) is 89.9 Å². The van der Waals surface area contributed by atoms with Gasteiger partial charge in [-0.3, -0.25) is 9.59 Å². The van der Waals surface area contributed by atoms with Gasteiger partial charge in [0.25, 0.3) is 11.8 Å². The van der Waals surface area contributed by atoms with Crippen molar-refractivity contribution in [3.8, 4) is 0 Å². The summed E-state index contributed by atoms with van der Waals surface area (Å²) in [4.78, 5) is 36.6. The summed E-state index contributed by atoms with van der Waals surface area (Å²) >= 11 is 0. The van der Waals surface area contributed by atoms with Gasteiger partial charge in [0.1, 0.15) is 0 Å². The summed E-state index contributed by atoms with van der Waals surface area (Å²) in [5, 5.41) is 5.47. The molecule has 0 fully saturated rings. The molecule has 1 heterocycles. The number of esters is 1. The van der Waals surface area contributed by atoms with E-state index in [1.54, 1.807) is 24.3 Å². The van der Waals surface area contributed by atoms with Crippen LogP contribution in [0.25, 0.3) is 0 Å². The van der Waals surface area contributed by atoms with Crippen molar-refractivity contribution in [1.29, 1.82) is 0 Å². The second-order valence-corrected chi connectivity index (χ2v) is 7.11. The number of hydrogen-bond donors (Lipinski definition) is 2. The molecule has 160 valence electrons. The van der Waals surface area contributed by atoms with Crippen LogP contribution < -0.4 is 10.6 Å². The van der Waals surface area contributed by atoms with Crippen molar-refractivity contribution < 1.29 is 23.5 Å². The number of nitrogens with one attached hydrogen (secondary N) is 2. The van der Waals surface area contributed by atoms with Crippen LogP contribution in [0.1, 0.15) is 46.2 Å². The van der Waals surface area contributed by atoms with Gasteiger partial charge >= 0.3 is 5.97 Å². The maximum atomic E-state index is 12.3. The number of carbonyl (C=O) groups is 3. The second kappa shape index (κ2) is 10.2. The lowest BCUT2D eigenvalue weighted by atomic mass is 10.0. The molecule has 2 aromatic carbocycles. The van der Waals surface area contributed by atoms with Gasteiger partial charge in [0, 0.05) is 12.2 Å². The summed E-state index contributed by atoms with van der Waals surface area (Å²) in [6.07, 6.45) is 0.474. The monoisotopic (exact) mass is 420 g/mol. The molecule has 0 radical (unpaired) electrons. The highest BCUT2D eigenvalue weighted by Crippen LogP contribution is 2.15. The molecule has 3 rings (SSSR count). The van der Waals surface area contributed by atoms with Crippen molar-refractivity contribution in [2.24, 2.45) is 0 Å². The molecule has 0 aliphatic rings. The maximum absolute atomic E-state index is 12.3. The van der Waals surface area contributed by atoms with Crippen LogP contribution >= 0.6 is 0 Å². The lowest BCUT2D eigenvalue weighted by Gasteiger charge is -2.17. The molecule has 0 saturated heterocycles. The van der Waals surface area contributed by atoms with Gasteiger partial charge in [0.05, 0.1) is 11.8 Å².